The molecule has 6 heteroatoms. The number of hydrogen-bond acceptors (Lipinski definition) is 3. The summed E-state index contributed by atoms with van der Waals surface area (Å²) in [5.41, 5.74) is 3.42. The summed E-state index contributed by atoms with van der Waals surface area (Å²) in [6.07, 6.45) is 3.49. The van der Waals surface area contributed by atoms with Gasteiger partial charge >= 0.3 is 0 Å². The molecule has 0 unspecified atom stereocenters. The second-order valence-electron chi connectivity index (χ2n) is 5.95. The molecular weight excluding hydrogens is 380 g/mol. The maximum absolute atomic E-state index is 12.4. The van der Waals surface area contributed by atoms with Crippen LogP contribution < -0.4 is 10.2 Å². The normalized spacial score (nSPS) is 10.5. The number of anilines is 2. The summed E-state index contributed by atoms with van der Waals surface area (Å²) in [5, 5.41) is 7.20. The number of carbonyl (C=O) groups is 1. The Hall–Kier alpha value is -2.60. The fourth-order valence-corrected chi connectivity index (χ4v) is 2.68. The van der Waals surface area contributed by atoms with E-state index in [1.807, 2.05) is 67.7 Å². The van der Waals surface area contributed by atoms with Crippen LogP contribution >= 0.6 is 15.9 Å². The van der Waals surface area contributed by atoms with Gasteiger partial charge in [0.05, 0.1) is 18.4 Å². The molecule has 0 spiro atoms. The second-order valence-corrected chi connectivity index (χ2v) is 6.87. The van der Waals surface area contributed by atoms with E-state index >= 15 is 0 Å². The highest BCUT2D eigenvalue weighted by Gasteiger charge is 2.09. The van der Waals surface area contributed by atoms with Gasteiger partial charge in [0.15, 0.2) is 0 Å². The van der Waals surface area contributed by atoms with E-state index in [-0.39, 0.29) is 5.91 Å². The molecule has 0 bridgehead atoms. The molecule has 3 aromatic rings. The van der Waals surface area contributed by atoms with E-state index in [1.165, 1.54) is 0 Å². The Labute approximate surface area is 155 Å². The lowest BCUT2D eigenvalue weighted by molar-refractivity contribution is 0.102. The van der Waals surface area contributed by atoms with Crippen molar-refractivity contribution in [3.8, 4) is 0 Å². The fourth-order valence-electron chi connectivity index (χ4n) is 2.42. The van der Waals surface area contributed by atoms with Crippen molar-refractivity contribution >= 4 is 33.2 Å². The van der Waals surface area contributed by atoms with E-state index in [9.17, 15) is 4.79 Å². The van der Waals surface area contributed by atoms with Crippen LogP contribution in [-0.4, -0.2) is 29.8 Å². The molecule has 25 heavy (non-hydrogen) atoms. The average Bonchev–Trinajstić information content (AvgIpc) is 3.04. The molecule has 0 saturated heterocycles. The molecule has 5 nitrogen and oxygen atoms in total. The first-order chi connectivity index (χ1) is 12.0. The average molecular weight is 399 g/mol. The van der Waals surface area contributed by atoms with Crippen molar-refractivity contribution < 1.29 is 4.79 Å². The first-order valence-corrected chi connectivity index (χ1v) is 8.66. The second kappa shape index (κ2) is 7.53. The highest BCUT2D eigenvalue weighted by Crippen LogP contribution is 2.16. The molecule has 0 saturated carbocycles. The quantitative estimate of drug-likeness (QED) is 0.705. The van der Waals surface area contributed by atoms with Gasteiger partial charge in [0.25, 0.3) is 5.91 Å². The standard InChI is InChI=1S/C19H19BrN4O/c1-23(2)18-5-3-4-15(10-18)19(25)22-17-11-21-24(13-17)12-14-6-8-16(20)9-7-14/h3-11,13H,12H2,1-2H3,(H,22,25). The Bertz CT molecular complexity index is 871. The van der Waals surface area contributed by atoms with Crippen molar-refractivity contribution in [3.05, 3.63) is 76.5 Å². The SMILES string of the molecule is CN(C)c1cccc(C(=O)Nc2cnn(Cc3ccc(Br)cc3)c2)c1. The van der Waals surface area contributed by atoms with Crippen LogP contribution in [0.25, 0.3) is 0 Å². The molecule has 0 radical (unpaired) electrons. The lowest BCUT2D eigenvalue weighted by Gasteiger charge is -2.13. The van der Waals surface area contributed by atoms with Crippen molar-refractivity contribution in [3.63, 3.8) is 0 Å². The largest absolute Gasteiger partial charge is 0.378 e. The third-order valence-electron chi connectivity index (χ3n) is 3.77. The predicted molar refractivity (Wildman–Crippen MR) is 104 cm³/mol. The molecule has 1 heterocycles. The molecule has 2 aromatic carbocycles. The van der Waals surface area contributed by atoms with Crippen LogP contribution in [-0.2, 0) is 6.54 Å². The number of nitrogens with zero attached hydrogens (tertiary/aromatic N) is 3. The minimum absolute atomic E-state index is 0.146. The number of halogens is 1. The third-order valence-corrected chi connectivity index (χ3v) is 4.30. The van der Waals surface area contributed by atoms with Crippen LogP contribution in [0, 0.1) is 0 Å². The van der Waals surface area contributed by atoms with Gasteiger partial charge in [0, 0.05) is 36.0 Å². The Balaban J connectivity index is 1.67. The molecule has 1 amide bonds. The van der Waals surface area contributed by atoms with E-state index in [0.717, 1.165) is 15.7 Å². The molecule has 0 atom stereocenters. The van der Waals surface area contributed by atoms with Crippen LogP contribution in [0.4, 0.5) is 11.4 Å². The number of rotatable bonds is 5. The zero-order valence-corrected chi connectivity index (χ0v) is 15.7. The van der Waals surface area contributed by atoms with Crippen molar-refractivity contribution in [2.75, 3.05) is 24.3 Å². The van der Waals surface area contributed by atoms with Gasteiger partial charge in [-0.3, -0.25) is 9.48 Å². The third kappa shape index (κ3) is 4.48. The summed E-state index contributed by atoms with van der Waals surface area (Å²) in [4.78, 5) is 14.4. The highest BCUT2D eigenvalue weighted by atomic mass is 79.9. The molecule has 1 N–H and O–H groups in total. The molecule has 3 rings (SSSR count). The van der Waals surface area contributed by atoms with E-state index in [0.29, 0.717) is 17.8 Å². The number of carbonyl (C=O) groups excluding carboxylic acids is 1. The van der Waals surface area contributed by atoms with Gasteiger partial charge < -0.3 is 10.2 Å². The van der Waals surface area contributed by atoms with Crippen LogP contribution in [0.3, 0.4) is 0 Å². The van der Waals surface area contributed by atoms with Gasteiger partial charge in [-0.05, 0) is 35.9 Å². The molecule has 1 aromatic heterocycles. The van der Waals surface area contributed by atoms with E-state index in [4.69, 9.17) is 0 Å². The highest BCUT2D eigenvalue weighted by molar-refractivity contribution is 9.10. The zero-order chi connectivity index (χ0) is 17.8. The van der Waals surface area contributed by atoms with Gasteiger partial charge in [-0.2, -0.15) is 5.10 Å². The summed E-state index contributed by atoms with van der Waals surface area (Å²) in [5.74, 6) is -0.146. The maximum atomic E-state index is 12.4. The number of nitrogens with one attached hydrogen (secondary N) is 1. The van der Waals surface area contributed by atoms with Gasteiger partial charge in [0.2, 0.25) is 0 Å². The Morgan fingerprint density at radius 2 is 1.96 bits per heavy atom. The molecule has 0 aliphatic rings. The monoisotopic (exact) mass is 398 g/mol. The minimum atomic E-state index is -0.146. The lowest BCUT2D eigenvalue weighted by atomic mass is 10.2. The van der Waals surface area contributed by atoms with Crippen LogP contribution in [0.15, 0.2) is 65.4 Å². The summed E-state index contributed by atoms with van der Waals surface area (Å²) in [6.45, 7) is 0.652. The summed E-state index contributed by atoms with van der Waals surface area (Å²) < 4.78 is 2.85. The Kier molecular flexibility index (Phi) is 5.19. The van der Waals surface area contributed by atoms with Crippen molar-refractivity contribution in [2.24, 2.45) is 0 Å². The van der Waals surface area contributed by atoms with Crippen LogP contribution in [0.2, 0.25) is 0 Å². The van der Waals surface area contributed by atoms with Crippen LogP contribution in [0.5, 0.6) is 0 Å². The van der Waals surface area contributed by atoms with E-state index in [2.05, 4.69) is 26.3 Å². The molecular formula is C19H19BrN4O. The zero-order valence-electron chi connectivity index (χ0n) is 14.1. The van der Waals surface area contributed by atoms with Gasteiger partial charge in [-0.15, -0.1) is 0 Å². The Morgan fingerprint density at radius 1 is 1.20 bits per heavy atom. The first kappa shape index (κ1) is 17.2. The number of benzene rings is 2. The number of aromatic nitrogens is 2. The fraction of sp³-hybridized carbons (Fsp3) is 0.158. The van der Waals surface area contributed by atoms with Gasteiger partial charge in [-0.1, -0.05) is 34.1 Å². The number of hydrogen-bond donors (Lipinski definition) is 1. The molecule has 0 fully saturated rings. The topological polar surface area (TPSA) is 50.2 Å². The lowest BCUT2D eigenvalue weighted by Crippen LogP contribution is -2.14. The minimum Gasteiger partial charge on any atom is -0.378 e. The van der Waals surface area contributed by atoms with Crippen molar-refractivity contribution in [1.82, 2.24) is 9.78 Å². The van der Waals surface area contributed by atoms with E-state index in [1.54, 1.807) is 16.9 Å². The molecule has 0 aliphatic heterocycles. The van der Waals surface area contributed by atoms with Gasteiger partial charge in [0.1, 0.15) is 0 Å². The molecule has 128 valence electrons. The summed E-state index contributed by atoms with van der Waals surface area (Å²) in [7, 11) is 3.90. The van der Waals surface area contributed by atoms with Gasteiger partial charge in [-0.25, -0.2) is 0 Å². The predicted octanol–water partition coefficient (Wildman–Crippen LogP) is 4.01. The Morgan fingerprint density at radius 3 is 2.68 bits per heavy atom. The summed E-state index contributed by atoms with van der Waals surface area (Å²) in [6, 6.07) is 15.6. The molecule has 0 aliphatic carbocycles. The maximum Gasteiger partial charge on any atom is 0.255 e. The summed E-state index contributed by atoms with van der Waals surface area (Å²) >= 11 is 3.43. The van der Waals surface area contributed by atoms with Crippen molar-refractivity contribution in [1.29, 1.82) is 0 Å². The first-order valence-electron chi connectivity index (χ1n) is 7.87. The number of amides is 1. The van der Waals surface area contributed by atoms with E-state index < -0.39 is 0 Å². The van der Waals surface area contributed by atoms with Crippen molar-refractivity contribution in [2.45, 2.75) is 6.54 Å². The smallest absolute Gasteiger partial charge is 0.255 e. The van der Waals surface area contributed by atoms with Crippen LogP contribution in [0.1, 0.15) is 15.9 Å².